The van der Waals surface area contributed by atoms with E-state index in [-0.39, 0.29) is 0 Å². The van der Waals surface area contributed by atoms with Crippen LogP contribution in [0.2, 0.25) is 0 Å². The molecule has 1 N–H and O–H groups in total. The Balaban J connectivity index is 2.11. The highest BCUT2D eigenvalue weighted by atomic mass is 79.9. The van der Waals surface area contributed by atoms with Crippen molar-refractivity contribution in [3.8, 4) is 6.07 Å². The number of aromatic nitrogens is 4. The molecule has 0 saturated heterocycles. The van der Waals surface area contributed by atoms with Crippen molar-refractivity contribution in [2.24, 2.45) is 7.05 Å². The Morgan fingerprint density at radius 1 is 1.44 bits per heavy atom. The largest absolute Gasteiger partial charge is 0.369 e. The van der Waals surface area contributed by atoms with Gasteiger partial charge >= 0.3 is 0 Å². The normalized spacial score (nSPS) is 10.5. The number of hydrogen-bond donors (Lipinski definition) is 1. The fourth-order valence-electron chi connectivity index (χ4n) is 1.71. The Hall–Kier alpha value is -1.68. The molecule has 0 aliphatic heterocycles. The first kappa shape index (κ1) is 12.8. The maximum absolute atomic E-state index is 8.45. The zero-order chi connectivity index (χ0) is 13.0. The smallest absolute Gasteiger partial charge is 0.164 e. The van der Waals surface area contributed by atoms with E-state index in [4.69, 9.17) is 5.26 Å². The third-order valence-electron chi connectivity index (χ3n) is 2.59. The zero-order valence-electron chi connectivity index (χ0n) is 10.0. The van der Waals surface area contributed by atoms with Crippen LogP contribution in [-0.4, -0.2) is 26.3 Å². The molecule has 6 nitrogen and oxygen atoms in total. The van der Waals surface area contributed by atoms with Crippen LogP contribution < -0.4 is 5.32 Å². The molecule has 0 aliphatic rings. The minimum atomic E-state index is 0.595. The van der Waals surface area contributed by atoms with Crippen molar-refractivity contribution >= 4 is 32.8 Å². The Bertz CT molecular complexity index is 585. The molecule has 18 heavy (non-hydrogen) atoms. The van der Waals surface area contributed by atoms with Crippen molar-refractivity contribution < 1.29 is 0 Å². The summed E-state index contributed by atoms with van der Waals surface area (Å²) in [4.78, 5) is 8.42. The quantitative estimate of drug-likeness (QED) is 0.857. The highest BCUT2D eigenvalue weighted by Crippen LogP contribution is 2.26. The molecule has 0 aromatic carbocycles. The Morgan fingerprint density at radius 3 is 3.06 bits per heavy atom. The van der Waals surface area contributed by atoms with Gasteiger partial charge < -0.3 is 5.32 Å². The molecular weight excluding hydrogens is 296 g/mol. The van der Waals surface area contributed by atoms with E-state index >= 15 is 0 Å². The first-order valence-electron chi connectivity index (χ1n) is 5.68. The van der Waals surface area contributed by atoms with Gasteiger partial charge in [-0.2, -0.15) is 10.4 Å². The average Bonchev–Trinajstić information content (AvgIpc) is 2.66. The highest BCUT2D eigenvalue weighted by Gasteiger charge is 2.12. The molecule has 0 amide bonds. The second-order valence-corrected chi connectivity index (χ2v) is 4.63. The first-order valence-corrected chi connectivity index (χ1v) is 6.47. The summed E-state index contributed by atoms with van der Waals surface area (Å²) in [6, 6.07) is 2.13. The molecule has 2 rings (SSSR count). The van der Waals surface area contributed by atoms with E-state index in [2.05, 4.69) is 42.4 Å². The van der Waals surface area contributed by atoms with Crippen molar-refractivity contribution in [3.05, 3.63) is 10.9 Å². The van der Waals surface area contributed by atoms with Gasteiger partial charge in [0, 0.05) is 20.0 Å². The van der Waals surface area contributed by atoms with E-state index in [0.717, 1.165) is 40.8 Å². The first-order chi connectivity index (χ1) is 8.74. The molecule has 2 aromatic heterocycles. The fraction of sp³-hybridized carbons (Fsp3) is 0.455. The second kappa shape index (κ2) is 5.78. The molecule has 7 heteroatoms. The van der Waals surface area contributed by atoms with Gasteiger partial charge in [-0.05, 0) is 28.8 Å². The molecule has 0 bridgehead atoms. The molecule has 0 atom stereocenters. The van der Waals surface area contributed by atoms with Crippen LogP contribution in [0.3, 0.4) is 0 Å². The molecule has 0 radical (unpaired) electrons. The molecular formula is C11H13BrN6. The monoisotopic (exact) mass is 308 g/mol. The maximum Gasteiger partial charge on any atom is 0.164 e. The standard InChI is InChI=1S/C11H13BrN6/c1-18-11-8(9(12)17-18)10(15-7-16-11)14-6-4-2-3-5-13/h7H,2-4,6H2,1H3,(H,14,15,16). The molecule has 0 fully saturated rings. The van der Waals surface area contributed by atoms with Crippen LogP contribution in [0.4, 0.5) is 5.82 Å². The summed E-state index contributed by atoms with van der Waals surface area (Å²) < 4.78 is 2.45. The number of fused-ring (bicyclic) bond motifs is 1. The molecule has 0 unspecified atom stereocenters. The van der Waals surface area contributed by atoms with Gasteiger partial charge in [-0.3, -0.25) is 0 Å². The summed E-state index contributed by atoms with van der Waals surface area (Å²) in [5, 5.41) is 16.9. The second-order valence-electron chi connectivity index (χ2n) is 3.88. The van der Waals surface area contributed by atoms with Gasteiger partial charge in [0.2, 0.25) is 0 Å². The Kier molecular flexibility index (Phi) is 4.10. The Morgan fingerprint density at radius 2 is 2.28 bits per heavy atom. The predicted octanol–water partition coefficient (Wildman–Crippen LogP) is 2.23. The lowest BCUT2D eigenvalue weighted by atomic mass is 10.2. The maximum atomic E-state index is 8.45. The highest BCUT2D eigenvalue weighted by molar-refractivity contribution is 9.10. The molecule has 0 saturated carbocycles. The number of nitrogens with zero attached hydrogens (tertiary/aromatic N) is 5. The summed E-state index contributed by atoms with van der Waals surface area (Å²) in [7, 11) is 1.84. The van der Waals surface area contributed by atoms with Crippen LogP contribution in [0.5, 0.6) is 0 Å². The average molecular weight is 309 g/mol. The van der Waals surface area contributed by atoms with E-state index in [1.807, 2.05) is 7.05 Å². The molecule has 0 spiro atoms. The summed E-state index contributed by atoms with van der Waals surface area (Å²) in [5.74, 6) is 0.775. The summed E-state index contributed by atoms with van der Waals surface area (Å²) in [6.45, 7) is 0.787. The van der Waals surface area contributed by atoms with Crippen LogP contribution in [0.15, 0.2) is 10.9 Å². The van der Waals surface area contributed by atoms with Crippen molar-refractivity contribution in [2.45, 2.75) is 19.3 Å². The van der Waals surface area contributed by atoms with Crippen LogP contribution in [0, 0.1) is 11.3 Å². The van der Waals surface area contributed by atoms with Gasteiger partial charge in [0.15, 0.2) is 5.65 Å². The number of nitriles is 1. The molecule has 2 aromatic rings. The van der Waals surface area contributed by atoms with Gasteiger partial charge in [-0.15, -0.1) is 0 Å². The van der Waals surface area contributed by atoms with Crippen LogP contribution >= 0.6 is 15.9 Å². The number of anilines is 1. The molecule has 94 valence electrons. The number of unbranched alkanes of at least 4 members (excludes halogenated alkanes) is 2. The van der Waals surface area contributed by atoms with E-state index in [1.165, 1.54) is 6.33 Å². The van der Waals surface area contributed by atoms with Crippen LogP contribution in [0.1, 0.15) is 19.3 Å². The zero-order valence-corrected chi connectivity index (χ0v) is 11.6. The molecule has 2 heterocycles. The van der Waals surface area contributed by atoms with Crippen molar-refractivity contribution in [3.63, 3.8) is 0 Å². The number of nitrogens with one attached hydrogen (secondary N) is 1. The van der Waals surface area contributed by atoms with Crippen LogP contribution in [0.25, 0.3) is 11.0 Å². The fourth-order valence-corrected chi connectivity index (χ4v) is 2.31. The van der Waals surface area contributed by atoms with Crippen molar-refractivity contribution in [1.29, 1.82) is 5.26 Å². The van der Waals surface area contributed by atoms with Crippen molar-refractivity contribution in [1.82, 2.24) is 19.7 Å². The summed E-state index contributed by atoms with van der Waals surface area (Å²) in [5.41, 5.74) is 0.788. The third kappa shape index (κ3) is 2.59. The number of aryl methyl sites for hydroxylation is 1. The van der Waals surface area contributed by atoms with Crippen LogP contribution in [-0.2, 0) is 7.05 Å². The lowest BCUT2D eigenvalue weighted by molar-refractivity contribution is 0.776. The van der Waals surface area contributed by atoms with E-state index in [1.54, 1.807) is 4.68 Å². The van der Waals surface area contributed by atoms with Gasteiger partial charge in [0.25, 0.3) is 0 Å². The van der Waals surface area contributed by atoms with Gasteiger partial charge in [0.05, 0.1) is 11.5 Å². The van der Waals surface area contributed by atoms with Gasteiger partial charge in [0.1, 0.15) is 16.7 Å². The summed E-state index contributed by atoms with van der Waals surface area (Å²) in [6.07, 6.45) is 3.95. The lowest BCUT2D eigenvalue weighted by Gasteiger charge is -2.05. The lowest BCUT2D eigenvalue weighted by Crippen LogP contribution is -2.04. The van der Waals surface area contributed by atoms with E-state index in [9.17, 15) is 0 Å². The minimum absolute atomic E-state index is 0.595. The van der Waals surface area contributed by atoms with Gasteiger partial charge in [-0.25, -0.2) is 14.6 Å². The topological polar surface area (TPSA) is 79.4 Å². The number of halogens is 1. The Labute approximate surface area is 113 Å². The molecule has 0 aliphatic carbocycles. The SMILES string of the molecule is Cn1nc(Br)c2c(NCCCCC#N)ncnc21. The third-order valence-corrected chi connectivity index (χ3v) is 3.14. The number of rotatable bonds is 5. The summed E-state index contributed by atoms with van der Waals surface area (Å²) >= 11 is 3.41. The minimum Gasteiger partial charge on any atom is -0.369 e. The van der Waals surface area contributed by atoms with E-state index < -0.39 is 0 Å². The van der Waals surface area contributed by atoms with Crippen molar-refractivity contribution in [2.75, 3.05) is 11.9 Å². The predicted molar refractivity (Wildman–Crippen MR) is 72.0 cm³/mol. The van der Waals surface area contributed by atoms with E-state index in [0.29, 0.717) is 6.42 Å². The number of hydrogen-bond acceptors (Lipinski definition) is 5. The van der Waals surface area contributed by atoms with Gasteiger partial charge in [-0.1, -0.05) is 0 Å².